The fourth-order valence-electron chi connectivity index (χ4n) is 1.60. The summed E-state index contributed by atoms with van der Waals surface area (Å²) in [7, 11) is 0. The Kier molecular flexibility index (Phi) is 3.25. The molecule has 20 heavy (non-hydrogen) atoms. The second-order valence-electron chi connectivity index (χ2n) is 3.76. The van der Waals surface area contributed by atoms with Gasteiger partial charge in [0.15, 0.2) is 5.65 Å². The zero-order valence-electron chi connectivity index (χ0n) is 9.80. The molecule has 0 amide bonds. The van der Waals surface area contributed by atoms with Crippen LogP contribution >= 0.6 is 23.4 Å². The molecule has 100 valence electrons. The Hall–Kier alpha value is -2.19. The van der Waals surface area contributed by atoms with Crippen LogP contribution in [0.25, 0.3) is 5.65 Å². The van der Waals surface area contributed by atoms with Gasteiger partial charge in [-0.1, -0.05) is 17.7 Å². The van der Waals surface area contributed by atoms with E-state index in [1.807, 2.05) is 18.2 Å². The highest BCUT2D eigenvalue weighted by Crippen LogP contribution is 2.29. The van der Waals surface area contributed by atoms with E-state index in [0.29, 0.717) is 15.8 Å². The summed E-state index contributed by atoms with van der Waals surface area (Å²) in [6, 6.07) is 8.05. The molecular formula is C11H6ClN5O2S. The van der Waals surface area contributed by atoms with Gasteiger partial charge < -0.3 is 0 Å². The molecule has 0 atom stereocenters. The van der Waals surface area contributed by atoms with E-state index in [-0.39, 0.29) is 10.8 Å². The predicted octanol–water partition coefficient (Wildman–Crippen LogP) is 2.84. The molecule has 0 saturated carbocycles. The van der Waals surface area contributed by atoms with Gasteiger partial charge in [0.25, 0.3) is 5.69 Å². The molecular weight excluding hydrogens is 302 g/mol. The Morgan fingerprint density at radius 3 is 2.95 bits per heavy atom. The molecule has 3 heterocycles. The first-order valence-corrected chi connectivity index (χ1v) is 6.62. The first kappa shape index (κ1) is 12.8. The Balaban J connectivity index is 2.00. The highest BCUT2D eigenvalue weighted by molar-refractivity contribution is 7.99. The first-order valence-electron chi connectivity index (χ1n) is 5.43. The fraction of sp³-hybridized carbons (Fsp3) is 0. The lowest BCUT2D eigenvalue weighted by Gasteiger charge is -2.00. The molecule has 7 nitrogen and oxygen atoms in total. The van der Waals surface area contributed by atoms with Gasteiger partial charge in [-0.3, -0.25) is 14.5 Å². The number of pyridine rings is 2. The van der Waals surface area contributed by atoms with Crippen molar-refractivity contribution < 1.29 is 4.92 Å². The van der Waals surface area contributed by atoms with Crippen molar-refractivity contribution in [3.63, 3.8) is 0 Å². The maximum Gasteiger partial charge on any atom is 0.275 e. The number of nitro groups is 1. The quantitative estimate of drug-likeness (QED) is 0.420. The molecule has 0 fully saturated rings. The second-order valence-corrected chi connectivity index (χ2v) is 5.13. The van der Waals surface area contributed by atoms with Gasteiger partial charge in [-0.05, 0) is 23.9 Å². The molecule has 0 N–H and O–H groups in total. The lowest BCUT2D eigenvalue weighted by atomic mass is 10.4. The van der Waals surface area contributed by atoms with E-state index in [4.69, 9.17) is 11.6 Å². The van der Waals surface area contributed by atoms with Crippen LogP contribution in [0, 0.1) is 10.1 Å². The summed E-state index contributed by atoms with van der Waals surface area (Å²) in [4.78, 5) is 14.3. The lowest BCUT2D eigenvalue weighted by molar-refractivity contribution is -0.385. The van der Waals surface area contributed by atoms with Gasteiger partial charge >= 0.3 is 0 Å². The van der Waals surface area contributed by atoms with E-state index >= 15 is 0 Å². The van der Waals surface area contributed by atoms with Crippen molar-refractivity contribution >= 4 is 34.7 Å². The molecule has 0 spiro atoms. The number of halogens is 1. The number of aromatic nitrogens is 4. The summed E-state index contributed by atoms with van der Waals surface area (Å²) in [5.41, 5.74) is 0.577. The number of nitrogens with zero attached hydrogens (tertiary/aromatic N) is 5. The Bertz CT molecular complexity index is 806. The Labute approximate surface area is 121 Å². The summed E-state index contributed by atoms with van der Waals surface area (Å²) in [6.07, 6.45) is 1.80. The summed E-state index contributed by atoms with van der Waals surface area (Å²) >= 11 is 6.94. The molecule has 0 aliphatic carbocycles. The molecule has 0 saturated heterocycles. The molecule has 0 aliphatic rings. The van der Waals surface area contributed by atoms with Gasteiger partial charge in [-0.15, -0.1) is 10.2 Å². The maximum absolute atomic E-state index is 10.8. The van der Waals surface area contributed by atoms with Crippen molar-refractivity contribution in [2.24, 2.45) is 0 Å². The van der Waals surface area contributed by atoms with Crippen molar-refractivity contribution in [3.8, 4) is 0 Å². The van der Waals surface area contributed by atoms with Crippen molar-refractivity contribution in [1.29, 1.82) is 0 Å². The molecule has 0 radical (unpaired) electrons. The smallest absolute Gasteiger partial charge is 0.275 e. The van der Waals surface area contributed by atoms with Gasteiger partial charge in [0, 0.05) is 12.3 Å². The van der Waals surface area contributed by atoms with Crippen LogP contribution in [0.1, 0.15) is 0 Å². The average Bonchev–Trinajstić information content (AvgIpc) is 2.82. The van der Waals surface area contributed by atoms with E-state index in [1.54, 1.807) is 10.6 Å². The molecule has 3 aromatic heterocycles. The summed E-state index contributed by atoms with van der Waals surface area (Å²) in [5.74, 6) is 0. The van der Waals surface area contributed by atoms with Crippen LogP contribution in [0.3, 0.4) is 0 Å². The zero-order valence-corrected chi connectivity index (χ0v) is 11.4. The molecule has 0 unspecified atom stereocenters. The van der Waals surface area contributed by atoms with Gasteiger partial charge in [0.1, 0.15) is 10.2 Å². The molecule has 0 aromatic carbocycles. The normalized spacial score (nSPS) is 10.8. The fourth-order valence-corrected chi connectivity index (χ4v) is 2.70. The third-order valence-electron chi connectivity index (χ3n) is 2.44. The molecule has 0 aliphatic heterocycles. The minimum Gasteiger partial charge on any atom is -0.277 e. The highest BCUT2D eigenvalue weighted by Gasteiger charge is 2.13. The van der Waals surface area contributed by atoms with Crippen LogP contribution in [0.5, 0.6) is 0 Å². The topological polar surface area (TPSA) is 86.2 Å². The van der Waals surface area contributed by atoms with E-state index in [0.717, 1.165) is 11.8 Å². The molecule has 3 rings (SSSR count). The van der Waals surface area contributed by atoms with Crippen LogP contribution in [0.4, 0.5) is 5.69 Å². The van der Waals surface area contributed by atoms with Crippen LogP contribution in [0.15, 0.2) is 46.7 Å². The maximum atomic E-state index is 10.8. The summed E-state index contributed by atoms with van der Waals surface area (Å²) < 4.78 is 1.76. The van der Waals surface area contributed by atoms with E-state index in [2.05, 4.69) is 15.2 Å². The second kappa shape index (κ2) is 5.06. The van der Waals surface area contributed by atoms with E-state index in [9.17, 15) is 10.1 Å². The molecule has 3 aromatic rings. The van der Waals surface area contributed by atoms with Crippen LogP contribution < -0.4 is 0 Å². The number of rotatable bonds is 3. The van der Waals surface area contributed by atoms with Crippen LogP contribution in [-0.2, 0) is 0 Å². The first-order chi connectivity index (χ1) is 9.63. The van der Waals surface area contributed by atoms with Crippen molar-refractivity contribution in [2.45, 2.75) is 10.2 Å². The van der Waals surface area contributed by atoms with Crippen LogP contribution in [-0.4, -0.2) is 24.5 Å². The minimum atomic E-state index is -0.514. The molecule has 0 bridgehead atoms. The monoisotopic (exact) mass is 307 g/mol. The lowest BCUT2D eigenvalue weighted by Crippen LogP contribution is -1.92. The number of fused-ring (bicyclic) bond motifs is 1. The van der Waals surface area contributed by atoms with Crippen molar-refractivity contribution in [1.82, 2.24) is 19.6 Å². The Morgan fingerprint density at radius 1 is 1.30 bits per heavy atom. The highest BCUT2D eigenvalue weighted by atomic mass is 35.5. The van der Waals surface area contributed by atoms with Gasteiger partial charge in [0.2, 0.25) is 5.16 Å². The third-order valence-corrected chi connectivity index (χ3v) is 3.52. The van der Waals surface area contributed by atoms with Crippen molar-refractivity contribution in [2.75, 3.05) is 0 Å². The zero-order chi connectivity index (χ0) is 14.1. The minimum absolute atomic E-state index is 0.0653. The largest absolute Gasteiger partial charge is 0.277 e. The SMILES string of the molecule is O=[N+]([O-])c1cc(Cl)nc(Sc2nnc3ccccn23)c1. The van der Waals surface area contributed by atoms with E-state index < -0.39 is 4.92 Å². The third kappa shape index (κ3) is 2.43. The van der Waals surface area contributed by atoms with Gasteiger partial charge in [0.05, 0.1) is 11.0 Å². The summed E-state index contributed by atoms with van der Waals surface area (Å²) in [6.45, 7) is 0. The van der Waals surface area contributed by atoms with Gasteiger partial charge in [-0.25, -0.2) is 4.98 Å². The Morgan fingerprint density at radius 2 is 2.15 bits per heavy atom. The average molecular weight is 308 g/mol. The number of hydrogen-bond acceptors (Lipinski definition) is 6. The van der Waals surface area contributed by atoms with Crippen molar-refractivity contribution in [3.05, 3.63) is 51.8 Å². The summed E-state index contributed by atoms with van der Waals surface area (Å²) in [5, 5.41) is 19.8. The molecule has 9 heteroatoms. The number of hydrogen-bond donors (Lipinski definition) is 0. The van der Waals surface area contributed by atoms with E-state index in [1.165, 1.54) is 12.1 Å². The predicted molar refractivity (Wildman–Crippen MR) is 73.0 cm³/mol. The van der Waals surface area contributed by atoms with Crippen LogP contribution in [0.2, 0.25) is 5.15 Å². The van der Waals surface area contributed by atoms with Gasteiger partial charge in [-0.2, -0.15) is 0 Å². The standard InChI is InChI=1S/C11H6ClN5O2S/c12-8-5-7(17(18)19)6-10(13-8)20-11-15-14-9-3-1-2-4-16(9)11/h1-6H.